The lowest BCUT2D eigenvalue weighted by atomic mass is 9.85. The molecule has 3 aliphatic rings. The first-order valence-corrected chi connectivity index (χ1v) is 11.5. The van der Waals surface area contributed by atoms with Gasteiger partial charge in [-0.1, -0.05) is 26.0 Å². The minimum Gasteiger partial charge on any atom is -0.391 e. The number of nitrogens with one attached hydrogen (secondary N) is 1. The van der Waals surface area contributed by atoms with Gasteiger partial charge >= 0.3 is 0 Å². The Balaban J connectivity index is 1.49. The molecule has 0 spiro atoms. The summed E-state index contributed by atoms with van der Waals surface area (Å²) in [6.45, 7) is 6.33. The summed E-state index contributed by atoms with van der Waals surface area (Å²) < 4.78 is 1.62. The Kier molecular flexibility index (Phi) is 6.00. The summed E-state index contributed by atoms with van der Waals surface area (Å²) in [4.78, 5) is 41.6. The van der Waals surface area contributed by atoms with Crippen molar-refractivity contribution >= 4 is 17.7 Å². The van der Waals surface area contributed by atoms with E-state index in [1.807, 2.05) is 27.0 Å². The molecule has 1 aromatic heterocycles. The van der Waals surface area contributed by atoms with E-state index in [9.17, 15) is 19.5 Å². The Morgan fingerprint density at radius 3 is 2.59 bits per heavy atom. The van der Waals surface area contributed by atoms with Crippen molar-refractivity contribution in [2.75, 3.05) is 20.1 Å². The molecule has 3 unspecified atom stereocenters. The highest BCUT2D eigenvalue weighted by atomic mass is 16.3. The van der Waals surface area contributed by atoms with Crippen LogP contribution in [0.4, 0.5) is 0 Å². The molecule has 3 heterocycles. The summed E-state index contributed by atoms with van der Waals surface area (Å²) >= 11 is 0. The lowest BCUT2D eigenvalue weighted by molar-refractivity contribution is -0.144. The molecular weight excluding hydrogens is 412 g/mol. The van der Waals surface area contributed by atoms with Crippen LogP contribution in [0.15, 0.2) is 6.20 Å². The Morgan fingerprint density at radius 1 is 1.28 bits per heavy atom. The number of hydrogen-bond acceptors (Lipinski definition) is 6. The summed E-state index contributed by atoms with van der Waals surface area (Å²) in [5.74, 6) is -0.0434. The van der Waals surface area contributed by atoms with Crippen LogP contribution in [-0.4, -0.2) is 85.9 Å². The Morgan fingerprint density at radius 2 is 2.00 bits per heavy atom. The van der Waals surface area contributed by atoms with E-state index in [4.69, 9.17) is 0 Å². The molecule has 3 amide bonds. The topological polar surface area (TPSA) is 121 Å². The Bertz CT molecular complexity index is 889. The second kappa shape index (κ2) is 8.46. The number of carbonyl (C=O) groups excluding carboxylic acids is 3. The zero-order valence-corrected chi connectivity index (χ0v) is 19.3. The fourth-order valence-electron chi connectivity index (χ4n) is 4.77. The van der Waals surface area contributed by atoms with E-state index in [0.717, 1.165) is 18.5 Å². The van der Waals surface area contributed by atoms with E-state index >= 15 is 0 Å². The van der Waals surface area contributed by atoms with Crippen molar-refractivity contribution in [3.8, 4) is 0 Å². The first kappa shape index (κ1) is 22.7. The summed E-state index contributed by atoms with van der Waals surface area (Å²) in [5.41, 5.74) is 0.436. The highest BCUT2D eigenvalue weighted by Gasteiger charge is 2.45. The molecule has 1 saturated carbocycles. The van der Waals surface area contributed by atoms with Gasteiger partial charge in [0.2, 0.25) is 17.7 Å². The van der Waals surface area contributed by atoms with Crippen LogP contribution in [-0.2, 0) is 14.4 Å². The molecule has 10 heteroatoms. The van der Waals surface area contributed by atoms with Gasteiger partial charge in [0.05, 0.1) is 11.8 Å². The second-order valence-electron chi connectivity index (χ2n) is 10.5. The average molecular weight is 447 g/mol. The number of likely N-dealkylation sites (tertiary alicyclic amines) is 2. The van der Waals surface area contributed by atoms with Gasteiger partial charge in [-0.05, 0) is 24.7 Å². The van der Waals surface area contributed by atoms with Crippen LogP contribution in [0.3, 0.4) is 0 Å². The fourth-order valence-corrected chi connectivity index (χ4v) is 4.77. The van der Waals surface area contributed by atoms with Gasteiger partial charge in [0.25, 0.3) is 0 Å². The monoisotopic (exact) mass is 446 g/mol. The predicted octanol–water partition coefficient (Wildman–Crippen LogP) is 0.442. The fraction of sp³-hybridized carbons (Fsp3) is 0.773. The number of rotatable bonds is 6. The van der Waals surface area contributed by atoms with Crippen LogP contribution >= 0.6 is 0 Å². The van der Waals surface area contributed by atoms with Crippen LogP contribution in [0.1, 0.15) is 70.5 Å². The number of carbonyl (C=O) groups is 3. The van der Waals surface area contributed by atoms with Crippen LogP contribution < -0.4 is 5.32 Å². The lowest BCUT2D eigenvalue weighted by Gasteiger charge is -2.34. The van der Waals surface area contributed by atoms with Crippen LogP contribution in [0.5, 0.6) is 0 Å². The number of aliphatic hydroxyl groups is 1. The predicted molar refractivity (Wildman–Crippen MR) is 115 cm³/mol. The molecule has 3 fully saturated rings. The molecule has 1 aliphatic carbocycles. The highest BCUT2D eigenvalue weighted by molar-refractivity contribution is 5.90. The quantitative estimate of drug-likeness (QED) is 0.654. The standard InChI is InChI=1S/C22H34N6O4/c1-22(2,3)19(28-12-16(24-25-28)13-5-6-13)21(32)27-11-15(29)9-17(27)20(31)23-10-14-7-8-18(30)26(14)4/h12-15,17,19,29H,5-11H2,1-4H3,(H,23,31)/t14?,15?,17?,19-/m0/s1. The zero-order chi connectivity index (χ0) is 23.2. The second-order valence-corrected chi connectivity index (χ2v) is 10.5. The number of aromatic nitrogens is 3. The molecule has 2 N–H and O–H groups in total. The first-order chi connectivity index (χ1) is 15.1. The lowest BCUT2D eigenvalue weighted by Crippen LogP contribution is -2.51. The third-order valence-electron chi connectivity index (χ3n) is 6.85. The highest BCUT2D eigenvalue weighted by Crippen LogP contribution is 2.40. The number of nitrogens with zero attached hydrogens (tertiary/aromatic N) is 5. The largest absolute Gasteiger partial charge is 0.391 e. The number of β-amino-alcohol motifs (C(OH)–C–C–N with tert-alkyl or cyclic N) is 1. The van der Waals surface area contributed by atoms with Crippen LogP contribution in [0.25, 0.3) is 0 Å². The Labute approximate surface area is 188 Å². The van der Waals surface area contributed by atoms with Gasteiger partial charge < -0.3 is 20.2 Å². The zero-order valence-electron chi connectivity index (χ0n) is 19.3. The van der Waals surface area contributed by atoms with Crippen LogP contribution in [0, 0.1) is 5.41 Å². The number of aliphatic hydroxyl groups excluding tert-OH is 1. The maximum atomic E-state index is 13.7. The van der Waals surface area contributed by atoms with Crippen molar-refractivity contribution in [3.63, 3.8) is 0 Å². The van der Waals surface area contributed by atoms with Crippen molar-refractivity contribution in [1.29, 1.82) is 0 Å². The van der Waals surface area contributed by atoms with Gasteiger partial charge in [-0.15, -0.1) is 5.10 Å². The van der Waals surface area contributed by atoms with Crippen molar-refractivity contribution < 1.29 is 19.5 Å². The molecular formula is C22H34N6O4. The average Bonchev–Trinajstić information content (AvgIpc) is 3.19. The van der Waals surface area contributed by atoms with E-state index < -0.39 is 23.6 Å². The Hall–Kier alpha value is -2.49. The molecule has 0 radical (unpaired) electrons. The molecule has 4 atom stereocenters. The van der Waals surface area contributed by atoms with Gasteiger partial charge in [0.15, 0.2) is 0 Å². The molecule has 10 nitrogen and oxygen atoms in total. The van der Waals surface area contributed by atoms with Gasteiger partial charge in [0.1, 0.15) is 12.1 Å². The van der Waals surface area contributed by atoms with Gasteiger partial charge in [-0.2, -0.15) is 0 Å². The maximum Gasteiger partial charge on any atom is 0.248 e. The smallest absolute Gasteiger partial charge is 0.248 e. The number of amides is 3. The number of hydrogen-bond donors (Lipinski definition) is 2. The molecule has 176 valence electrons. The van der Waals surface area contributed by atoms with Gasteiger partial charge in [0, 0.05) is 51.1 Å². The SMILES string of the molecule is CN1C(=O)CCC1CNC(=O)C1CC(O)CN1C(=O)[C@H](n1cc(C2CC2)nn1)C(C)(C)C. The number of likely N-dealkylation sites (N-methyl/N-ethyl adjacent to an activating group) is 1. The molecule has 2 saturated heterocycles. The van der Waals surface area contributed by atoms with Crippen molar-refractivity contribution in [2.45, 2.75) is 83.0 Å². The summed E-state index contributed by atoms with van der Waals surface area (Å²) in [6, 6.07) is -1.43. The minimum absolute atomic E-state index is 0.0414. The summed E-state index contributed by atoms with van der Waals surface area (Å²) in [7, 11) is 1.74. The van der Waals surface area contributed by atoms with E-state index in [1.54, 1.807) is 16.6 Å². The molecule has 4 rings (SSSR count). The van der Waals surface area contributed by atoms with E-state index in [2.05, 4.69) is 15.6 Å². The van der Waals surface area contributed by atoms with Crippen molar-refractivity contribution in [1.82, 2.24) is 30.1 Å². The van der Waals surface area contributed by atoms with E-state index in [1.165, 1.54) is 4.90 Å². The molecule has 2 aliphatic heterocycles. The van der Waals surface area contributed by atoms with Crippen molar-refractivity contribution in [3.05, 3.63) is 11.9 Å². The third-order valence-corrected chi connectivity index (χ3v) is 6.85. The third kappa shape index (κ3) is 4.51. The van der Waals surface area contributed by atoms with Gasteiger partial charge in [-0.3, -0.25) is 14.4 Å². The van der Waals surface area contributed by atoms with E-state index in [-0.39, 0.29) is 36.7 Å². The molecule has 1 aromatic rings. The molecule has 32 heavy (non-hydrogen) atoms. The maximum absolute atomic E-state index is 13.7. The minimum atomic E-state index is -0.760. The van der Waals surface area contributed by atoms with Crippen LogP contribution in [0.2, 0.25) is 0 Å². The summed E-state index contributed by atoms with van der Waals surface area (Å²) in [6.07, 6.45) is 4.65. The van der Waals surface area contributed by atoms with Crippen molar-refractivity contribution in [2.24, 2.45) is 5.41 Å². The molecule has 0 bridgehead atoms. The van der Waals surface area contributed by atoms with Gasteiger partial charge in [-0.25, -0.2) is 4.68 Å². The molecule has 0 aromatic carbocycles. The van der Waals surface area contributed by atoms with E-state index in [0.29, 0.717) is 25.3 Å². The summed E-state index contributed by atoms with van der Waals surface area (Å²) in [5, 5.41) is 21.7. The first-order valence-electron chi connectivity index (χ1n) is 11.5. The normalized spacial score (nSPS) is 27.2.